The third-order valence-electron chi connectivity index (χ3n) is 4.03. The largest absolute Gasteiger partial charge is 0.377 e. The molecule has 21 heavy (non-hydrogen) atoms. The van der Waals surface area contributed by atoms with E-state index < -0.39 is 0 Å². The molecule has 7 heteroatoms. The van der Waals surface area contributed by atoms with Crippen LogP contribution in [0.4, 0.5) is 0 Å². The zero-order valence-electron chi connectivity index (χ0n) is 12.6. The maximum atomic E-state index is 5.10. The SMILES string of the molecule is COCc1nc([C@@H]2CCCCN2Cc2ccnn2C)n[nH]1. The molecule has 7 nitrogen and oxygen atoms in total. The van der Waals surface area contributed by atoms with E-state index in [0.717, 1.165) is 31.2 Å². The Morgan fingerprint density at radius 2 is 2.33 bits per heavy atom. The lowest BCUT2D eigenvalue weighted by Crippen LogP contribution is -2.34. The molecule has 2 aromatic heterocycles. The molecule has 2 aromatic rings. The summed E-state index contributed by atoms with van der Waals surface area (Å²) in [5.41, 5.74) is 1.22. The summed E-state index contributed by atoms with van der Waals surface area (Å²) in [6.07, 6.45) is 5.39. The summed E-state index contributed by atoms with van der Waals surface area (Å²) in [4.78, 5) is 7.01. The Hall–Kier alpha value is -1.73. The first-order valence-corrected chi connectivity index (χ1v) is 7.39. The summed E-state index contributed by atoms with van der Waals surface area (Å²) in [5.74, 6) is 1.67. The van der Waals surface area contributed by atoms with Gasteiger partial charge in [0.25, 0.3) is 0 Å². The number of aromatic nitrogens is 5. The van der Waals surface area contributed by atoms with Crippen molar-refractivity contribution in [1.29, 1.82) is 0 Å². The van der Waals surface area contributed by atoms with E-state index in [1.807, 2.05) is 17.9 Å². The number of methoxy groups -OCH3 is 1. The van der Waals surface area contributed by atoms with Gasteiger partial charge in [-0.25, -0.2) is 4.98 Å². The first-order valence-electron chi connectivity index (χ1n) is 7.39. The standard InChI is InChI=1S/C14H22N6O/c1-19-11(6-7-15-19)9-20-8-4-3-5-12(20)14-16-13(10-21-2)17-18-14/h6-7,12H,3-5,8-10H2,1-2H3,(H,16,17,18)/t12-/m0/s1. The van der Waals surface area contributed by atoms with Crippen LogP contribution in [0.3, 0.4) is 0 Å². The third-order valence-corrected chi connectivity index (χ3v) is 4.03. The van der Waals surface area contributed by atoms with Crippen molar-refractivity contribution in [2.75, 3.05) is 13.7 Å². The van der Waals surface area contributed by atoms with Gasteiger partial charge in [0, 0.05) is 26.9 Å². The predicted molar refractivity (Wildman–Crippen MR) is 77.3 cm³/mol. The zero-order chi connectivity index (χ0) is 14.7. The Morgan fingerprint density at radius 3 is 3.10 bits per heavy atom. The van der Waals surface area contributed by atoms with Gasteiger partial charge in [-0.3, -0.25) is 14.7 Å². The predicted octanol–water partition coefficient (Wildman–Crippen LogP) is 1.41. The minimum Gasteiger partial charge on any atom is -0.377 e. The molecule has 0 unspecified atom stereocenters. The quantitative estimate of drug-likeness (QED) is 0.901. The Bertz CT molecular complexity index is 578. The highest BCUT2D eigenvalue weighted by atomic mass is 16.5. The van der Waals surface area contributed by atoms with E-state index >= 15 is 0 Å². The molecule has 114 valence electrons. The molecule has 1 aliphatic rings. The molecular weight excluding hydrogens is 268 g/mol. The Kier molecular flexibility index (Phi) is 4.31. The number of nitrogens with one attached hydrogen (secondary N) is 1. The maximum absolute atomic E-state index is 5.10. The van der Waals surface area contributed by atoms with E-state index in [9.17, 15) is 0 Å². The van der Waals surface area contributed by atoms with Crippen LogP contribution in [0.25, 0.3) is 0 Å². The normalized spacial score (nSPS) is 20.0. The van der Waals surface area contributed by atoms with E-state index in [1.165, 1.54) is 18.5 Å². The van der Waals surface area contributed by atoms with Crippen LogP contribution in [-0.2, 0) is 24.9 Å². The Balaban J connectivity index is 1.75. The fourth-order valence-electron chi connectivity index (χ4n) is 2.90. The molecule has 3 rings (SSSR count). The van der Waals surface area contributed by atoms with E-state index in [4.69, 9.17) is 4.74 Å². The van der Waals surface area contributed by atoms with Crippen LogP contribution in [0, 0.1) is 0 Å². The van der Waals surface area contributed by atoms with Crippen LogP contribution in [0.5, 0.6) is 0 Å². The molecule has 0 bridgehead atoms. The molecule has 1 fully saturated rings. The monoisotopic (exact) mass is 290 g/mol. The number of hydrogen-bond donors (Lipinski definition) is 1. The molecule has 0 aromatic carbocycles. The van der Waals surface area contributed by atoms with E-state index in [2.05, 4.69) is 31.2 Å². The molecule has 0 saturated carbocycles. The first-order chi connectivity index (χ1) is 10.3. The minimum absolute atomic E-state index is 0.274. The van der Waals surface area contributed by atoms with Crippen LogP contribution in [0.2, 0.25) is 0 Å². The fourth-order valence-corrected chi connectivity index (χ4v) is 2.90. The van der Waals surface area contributed by atoms with Gasteiger partial charge >= 0.3 is 0 Å². The highest BCUT2D eigenvalue weighted by molar-refractivity contribution is 5.04. The van der Waals surface area contributed by atoms with Crippen LogP contribution in [-0.4, -0.2) is 43.5 Å². The first kappa shape index (κ1) is 14.2. The molecule has 0 aliphatic carbocycles. The van der Waals surface area contributed by atoms with E-state index in [0.29, 0.717) is 6.61 Å². The zero-order valence-corrected chi connectivity index (χ0v) is 12.6. The molecule has 1 saturated heterocycles. The number of nitrogens with zero attached hydrogens (tertiary/aromatic N) is 5. The lowest BCUT2D eigenvalue weighted by Gasteiger charge is -2.33. The van der Waals surface area contributed by atoms with Gasteiger partial charge in [-0.15, -0.1) is 0 Å². The van der Waals surface area contributed by atoms with Crippen molar-refractivity contribution < 1.29 is 4.74 Å². The van der Waals surface area contributed by atoms with Gasteiger partial charge < -0.3 is 4.74 Å². The van der Waals surface area contributed by atoms with Gasteiger partial charge in [-0.1, -0.05) is 6.42 Å². The summed E-state index contributed by atoms with van der Waals surface area (Å²) in [6.45, 7) is 2.43. The lowest BCUT2D eigenvalue weighted by molar-refractivity contribution is 0.130. The van der Waals surface area contributed by atoms with E-state index in [1.54, 1.807) is 7.11 Å². The fraction of sp³-hybridized carbons (Fsp3) is 0.643. The summed E-state index contributed by atoms with van der Waals surface area (Å²) < 4.78 is 7.03. The van der Waals surface area contributed by atoms with Crippen molar-refractivity contribution >= 4 is 0 Å². The minimum atomic E-state index is 0.274. The molecule has 0 radical (unpaired) electrons. The number of likely N-dealkylation sites (tertiary alicyclic amines) is 1. The topological polar surface area (TPSA) is 71.9 Å². The molecule has 0 spiro atoms. The average Bonchev–Trinajstić information content (AvgIpc) is 3.10. The van der Waals surface area contributed by atoms with Crippen molar-refractivity contribution in [3.05, 3.63) is 29.6 Å². The number of rotatable bonds is 5. The number of hydrogen-bond acceptors (Lipinski definition) is 5. The molecule has 1 N–H and O–H groups in total. The Labute approximate surface area is 124 Å². The molecule has 3 heterocycles. The number of aryl methyl sites for hydroxylation is 1. The molecule has 0 amide bonds. The summed E-state index contributed by atoms with van der Waals surface area (Å²) in [7, 11) is 3.65. The molecule has 1 atom stereocenters. The lowest BCUT2D eigenvalue weighted by atomic mass is 10.0. The smallest absolute Gasteiger partial charge is 0.167 e. The summed E-state index contributed by atoms with van der Waals surface area (Å²) >= 11 is 0. The second-order valence-electron chi connectivity index (χ2n) is 5.50. The highest BCUT2D eigenvalue weighted by Crippen LogP contribution is 2.30. The summed E-state index contributed by atoms with van der Waals surface area (Å²) in [5, 5.41) is 11.6. The molecule has 1 aliphatic heterocycles. The van der Waals surface area contributed by atoms with Crippen molar-refractivity contribution in [1.82, 2.24) is 29.9 Å². The second kappa shape index (κ2) is 6.36. The van der Waals surface area contributed by atoms with Gasteiger partial charge in [-0.2, -0.15) is 10.2 Å². The van der Waals surface area contributed by atoms with Gasteiger partial charge in [0.05, 0.1) is 11.7 Å². The summed E-state index contributed by atoms with van der Waals surface area (Å²) in [6, 6.07) is 2.34. The van der Waals surface area contributed by atoms with E-state index in [-0.39, 0.29) is 6.04 Å². The second-order valence-corrected chi connectivity index (χ2v) is 5.50. The van der Waals surface area contributed by atoms with Gasteiger partial charge in [-0.05, 0) is 25.5 Å². The number of piperidine rings is 1. The van der Waals surface area contributed by atoms with Gasteiger partial charge in [0.2, 0.25) is 0 Å². The van der Waals surface area contributed by atoms with Crippen LogP contribution >= 0.6 is 0 Å². The van der Waals surface area contributed by atoms with Gasteiger partial charge in [0.15, 0.2) is 11.6 Å². The average molecular weight is 290 g/mol. The maximum Gasteiger partial charge on any atom is 0.167 e. The third kappa shape index (κ3) is 3.14. The van der Waals surface area contributed by atoms with Crippen molar-refractivity contribution in [2.24, 2.45) is 7.05 Å². The van der Waals surface area contributed by atoms with Crippen LogP contribution in [0.15, 0.2) is 12.3 Å². The number of aromatic amines is 1. The van der Waals surface area contributed by atoms with Crippen molar-refractivity contribution in [2.45, 2.75) is 38.5 Å². The molecular formula is C14H22N6O. The van der Waals surface area contributed by atoms with Crippen molar-refractivity contribution in [3.63, 3.8) is 0 Å². The highest BCUT2D eigenvalue weighted by Gasteiger charge is 2.27. The van der Waals surface area contributed by atoms with Crippen LogP contribution < -0.4 is 0 Å². The Morgan fingerprint density at radius 1 is 1.43 bits per heavy atom. The number of ether oxygens (including phenoxy) is 1. The van der Waals surface area contributed by atoms with Crippen LogP contribution in [0.1, 0.15) is 42.6 Å². The van der Waals surface area contributed by atoms with Gasteiger partial charge in [0.1, 0.15) is 6.61 Å². The number of H-pyrrole nitrogens is 1. The van der Waals surface area contributed by atoms with Crippen molar-refractivity contribution in [3.8, 4) is 0 Å².